The van der Waals surface area contributed by atoms with Gasteiger partial charge in [-0.15, -0.1) is 0 Å². The van der Waals surface area contributed by atoms with Crippen LogP contribution in [0.4, 0.5) is 0 Å². The van der Waals surface area contributed by atoms with Crippen LogP contribution >= 0.6 is 30.3 Å². The number of benzene rings is 5. The van der Waals surface area contributed by atoms with Gasteiger partial charge in [0.1, 0.15) is 22.9 Å². The van der Waals surface area contributed by atoms with Gasteiger partial charge in [-0.1, -0.05) is 89.9 Å². The predicted molar refractivity (Wildman–Crippen MR) is 165 cm³/mol. The van der Waals surface area contributed by atoms with Crippen molar-refractivity contribution in [2.75, 3.05) is 7.11 Å². The van der Waals surface area contributed by atoms with Gasteiger partial charge in [-0.2, -0.15) is 0 Å². The topological polar surface area (TPSA) is 35.5 Å². The summed E-state index contributed by atoms with van der Waals surface area (Å²) >= 11 is 12.6. The number of fused-ring (bicyclic) bond motifs is 1. The Bertz CT molecular complexity index is 1640. The van der Waals surface area contributed by atoms with E-state index in [0.717, 1.165) is 22.3 Å². The second-order valence-electron chi connectivity index (χ2n) is 9.49. The summed E-state index contributed by atoms with van der Waals surface area (Å²) in [6, 6.07) is 40.4. The molecule has 1 heterocycles. The van der Waals surface area contributed by atoms with Crippen molar-refractivity contribution >= 4 is 46.5 Å². The second-order valence-corrected chi connectivity index (χ2v) is 13.2. The first kappa shape index (κ1) is 26.5. The van der Waals surface area contributed by atoms with Crippen LogP contribution in [0.25, 0.3) is 5.57 Å². The quantitative estimate of drug-likeness (QED) is 0.187. The third kappa shape index (κ3) is 4.75. The number of methoxy groups -OCH3 is 1. The molecule has 6 rings (SSSR count). The smallest absolute Gasteiger partial charge is 0.157 e. The number of ether oxygens (including phenoxy) is 2. The Morgan fingerprint density at radius 1 is 0.700 bits per heavy atom. The van der Waals surface area contributed by atoms with Gasteiger partial charge in [0, 0.05) is 37.9 Å². The fraction of sp³-hybridized carbons (Fsp3) is 0.0588. The molecular formula is C34H25Cl2O3P. The molecule has 0 saturated heterocycles. The Kier molecular flexibility index (Phi) is 7.29. The van der Waals surface area contributed by atoms with E-state index < -0.39 is 12.8 Å². The normalized spacial score (nSPS) is 14.4. The number of allylic oxidation sites excluding steroid dienone is 1. The van der Waals surface area contributed by atoms with Gasteiger partial charge in [0.15, 0.2) is 7.14 Å². The van der Waals surface area contributed by atoms with Crippen molar-refractivity contribution < 1.29 is 14.0 Å². The second kappa shape index (κ2) is 11.0. The Hall–Kier alpha value is -3.75. The van der Waals surface area contributed by atoms with Gasteiger partial charge in [0.2, 0.25) is 0 Å². The minimum atomic E-state index is -3.46. The van der Waals surface area contributed by atoms with Crippen molar-refractivity contribution in [2.24, 2.45) is 0 Å². The SMILES string of the molecule is COc1ccc2c(c1)OC(=C(c1ccccc1)c1ccccc1)C2P(=O)(c1ccc(Cl)cc1)c1ccc(Cl)cc1. The maximum absolute atomic E-state index is 15.9. The summed E-state index contributed by atoms with van der Waals surface area (Å²) in [7, 11) is -1.84. The van der Waals surface area contributed by atoms with E-state index in [9.17, 15) is 0 Å². The monoisotopic (exact) mass is 582 g/mol. The molecule has 1 atom stereocenters. The van der Waals surface area contributed by atoms with Crippen molar-refractivity contribution in [3.63, 3.8) is 0 Å². The largest absolute Gasteiger partial charge is 0.497 e. The Balaban J connectivity index is 1.72. The average molecular weight is 583 g/mol. The molecule has 40 heavy (non-hydrogen) atoms. The van der Waals surface area contributed by atoms with Gasteiger partial charge in [-0.25, -0.2) is 0 Å². The Labute approximate surface area is 244 Å². The molecule has 6 heteroatoms. The first-order chi connectivity index (χ1) is 19.5. The lowest BCUT2D eigenvalue weighted by molar-refractivity contribution is 0.406. The standard InChI is InChI=1S/C34H25Cl2O3P/c1-38-27-16-21-30-31(22-27)39-33(32(23-8-4-2-5-9-23)24-10-6-3-7-11-24)34(30)40(37,28-17-12-25(35)13-18-28)29-19-14-26(36)15-20-29/h2-22,34H,1H3. The van der Waals surface area contributed by atoms with E-state index in [1.807, 2.05) is 78.9 Å². The van der Waals surface area contributed by atoms with Gasteiger partial charge in [0.05, 0.1) is 7.11 Å². The number of halogens is 2. The minimum absolute atomic E-state index is 0.573. The summed E-state index contributed by atoms with van der Waals surface area (Å²) in [4.78, 5) is 0. The zero-order valence-electron chi connectivity index (χ0n) is 21.6. The molecule has 0 radical (unpaired) electrons. The molecule has 5 aromatic rings. The molecule has 0 saturated carbocycles. The number of hydrogen-bond donors (Lipinski definition) is 0. The van der Waals surface area contributed by atoms with Crippen LogP contribution in [0.15, 0.2) is 133 Å². The molecule has 198 valence electrons. The predicted octanol–water partition coefficient (Wildman–Crippen LogP) is 8.91. The van der Waals surface area contributed by atoms with Gasteiger partial charge >= 0.3 is 0 Å². The van der Waals surface area contributed by atoms with Crippen molar-refractivity contribution in [1.29, 1.82) is 0 Å². The van der Waals surface area contributed by atoms with E-state index in [-0.39, 0.29) is 0 Å². The lowest BCUT2D eigenvalue weighted by atomic mass is 9.95. The lowest BCUT2D eigenvalue weighted by Gasteiger charge is -2.28. The highest BCUT2D eigenvalue weighted by atomic mass is 35.5. The molecule has 0 spiro atoms. The van der Waals surface area contributed by atoms with Gasteiger partial charge in [-0.3, -0.25) is 0 Å². The zero-order valence-corrected chi connectivity index (χ0v) is 24.0. The van der Waals surface area contributed by atoms with E-state index >= 15 is 4.57 Å². The van der Waals surface area contributed by atoms with Crippen LogP contribution in [0, 0.1) is 0 Å². The first-order valence-electron chi connectivity index (χ1n) is 12.8. The number of rotatable bonds is 6. The molecule has 0 fully saturated rings. The summed E-state index contributed by atoms with van der Waals surface area (Å²) in [6.45, 7) is 0. The van der Waals surface area contributed by atoms with Crippen LogP contribution in [0.1, 0.15) is 22.3 Å². The highest BCUT2D eigenvalue weighted by Gasteiger charge is 2.47. The minimum Gasteiger partial charge on any atom is -0.497 e. The average Bonchev–Trinajstić information content (AvgIpc) is 3.37. The van der Waals surface area contributed by atoms with Crippen molar-refractivity contribution in [3.8, 4) is 11.5 Å². The molecule has 1 unspecified atom stereocenters. The van der Waals surface area contributed by atoms with Crippen molar-refractivity contribution in [3.05, 3.63) is 160 Å². The third-order valence-corrected chi connectivity index (χ3v) is 11.0. The molecule has 0 N–H and O–H groups in total. The summed E-state index contributed by atoms with van der Waals surface area (Å²) in [5.74, 6) is 1.90. The summed E-state index contributed by atoms with van der Waals surface area (Å²) in [5, 5.41) is 2.50. The van der Waals surface area contributed by atoms with E-state index in [1.54, 1.807) is 31.4 Å². The Morgan fingerprint density at radius 2 is 1.20 bits per heavy atom. The molecule has 1 aliphatic rings. The maximum Gasteiger partial charge on any atom is 0.157 e. The van der Waals surface area contributed by atoms with E-state index in [2.05, 4.69) is 24.3 Å². The fourth-order valence-corrected chi connectivity index (χ4v) is 8.70. The fourth-order valence-electron chi connectivity index (χ4n) is 5.25. The van der Waals surface area contributed by atoms with Gasteiger partial charge in [-0.05, 0) is 65.7 Å². The van der Waals surface area contributed by atoms with Crippen LogP contribution in [-0.4, -0.2) is 7.11 Å². The van der Waals surface area contributed by atoms with Gasteiger partial charge < -0.3 is 14.0 Å². The summed E-state index contributed by atoms with van der Waals surface area (Å²) < 4.78 is 28.2. The highest BCUT2D eigenvalue weighted by molar-refractivity contribution is 7.79. The summed E-state index contributed by atoms with van der Waals surface area (Å²) in [5.41, 5.74) is 3.02. The van der Waals surface area contributed by atoms with E-state index in [0.29, 0.717) is 37.9 Å². The molecular weight excluding hydrogens is 558 g/mol. The Morgan fingerprint density at radius 3 is 1.68 bits per heavy atom. The zero-order chi connectivity index (χ0) is 27.7. The highest BCUT2D eigenvalue weighted by Crippen LogP contribution is 2.66. The molecule has 0 aromatic heterocycles. The molecule has 0 amide bonds. The van der Waals surface area contributed by atoms with Crippen LogP contribution in [0.2, 0.25) is 10.0 Å². The molecule has 3 nitrogen and oxygen atoms in total. The van der Waals surface area contributed by atoms with Crippen LogP contribution < -0.4 is 20.1 Å². The maximum atomic E-state index is 15.9. The van der Waals surface area contributed by atoms with Crippen molar-refractivity contribution in [1.82, 2.24) is 0 Å². The summed E-state index contributed by atoms with van der Waals surface area (Å²) in [6.07, 6.45) is 0. The molecule has 0 aliphatic carbocycles. The van der Waals surface area contributed by atoms with E-state index in [1.165, 1.54) is 0 Å². The number of hydrogen-bond acceptors (Lipinski definition) is 3. The molecule has 1 aliphatic heterocycles. The molecule has 0 bridgehead atoms. The first-order valence-corrected chi connectivity index (χ1v) is 15.3. The molecule has 5 aromatic carbocycles. The van der Waals surface area contributed by atoms with E-state index in [4.69, 9.17) is 32.7 Å². The van der Waals surface area contributed by atoms with Gasteiger partial charge in [0.25, 0.3) is 0 Å². The lowest BCUT2D eigenvalue weighted by Crippen LogP contribution is -2.22. The van der Waals surface area contributed by atoms with Crippen LogP contribution in [0.5, 0.6) is 11.5 Å². The third-order valence-electron chi connectivity index (χ3n) is 7.14. The van der Waals surface area contributed by atoms with Crippen LogP contribution in [-0.2, 0) is 4.57 Å². The van der Waals surface area contributed by atoms with Crippen molar-refractivity contribution in [2.45, 2.75) is 5.66 Å². The van der Waals surface area contributed by atoms with Crippen LogP contribution in [0.3, 0.4) is 0 Å².